The van der Waals surface area contributed by atoms with Crippen LogP contribution in [0.2, 0.25) is 0 Å². The summed E-state index contributed by atoms with van der Waals surface area (Å²) in [7, 11) is 3.97. The molecule has 0 heterocycles. The van der Waals surface area contributed by atoms with Crippen LogP contribution in [0.1, 0.15) is 44.9 Å². The number of carbonyl (C=O) groups excluding carboxylic acids is 1. The molecule has 0 aromatic carbocycles. The van der Waals surface area contributed by atoms with Gasteiger partial charge in [0.2, 0.25) is 0 Å². The lowest BCUT2D eigenvalue weighted by molar-refractivity contribution is 0.158. The first-order valence-corrected chi connectivity index (χ1v) is 6.91. The Balaban J connectivity index is 1.75. The molecule has 2 rings (SSSR count). The minimum atomic E-state index is 0.127. The molecule has 0 unspecified atom stereocenters. The van der Waals surface area contributed by atoms with Crippen molar-refractivity contribution < 1.29 is 4.79 Å². The quantitative estimate of drug-likeness (QED) is 0.787. The van der Waals surface area contributed by atoms with E-state index in [9.17, 15) is 4.79 Å². The zero-order chi connectivity index (χ0) is 12.3. The van der Waals surface area contributed by atoms with E-state index >= 15 is 0 Å². The van der Waals surface area contributed by atoms with Gasteiger partial charge in [-0.15, -0.1) is 0 Å². The zero-order valence-corrected chi connectivity index (χ0v) is 11.0. The summed E-state index contributed by atoms with van der Waals surface area (Å²) in [6, 6.07) is 1.65. The second-order valence-corrected chi connectivity index (χ2v) is 5.48. The molecule has 2 fully saturated rings. The second-order valence-electron chi connectivity index (χ2n) is 5.48. The van der Waals surface area contributed by atoms with Crippen LogP contribution in [-0.2, 0) is 0 Å². The first-order chi connectivity index (χ1) is 8.20. The van der Waals surface area contributed by atoms with Gasteiger partial charge in [0.1, 0.15) is 0 Å². The van der Waals surface area contributed by atoms with Crippen molar-refractivity contribution in [3.8, 4) is 0 Å². The van der Waals surface area contributed by atoms with Gasteiger partial charge in [0.15, 0.2) is 0 Å². The summed E-state index contributed by atoms with van der Waals surface area (Å²) in [6.07, 6.45) is 8.20. The molecule has 4 heteroatoms. The highest BCUT2D eigenvalue weighted by atomic mass is 16.2. The van der Waals surface area contributed by atoms with Gasteiger partial charge in [-0.05, 0) is 52.0 Å². The van der Waals surface area contributed by atoms with Crippen LogP contribution in [0.25, 0.3) is 0 Å². The second kappa shape index (κ2) is 5.71. The van der Waals surface area contributed by atoms with Gasteiger partial charge in [-0.25, -0.2) is 4.79 Å². The molecule has 0 aromatic heterocycles. The van der Waals surface area contributed by atoms with Crippen molar-refractivity contribution in [2.24, 2.45) is 0 Å². The Bertz CT molecular complexity index is 257. The number of hydrogen-bond donors (Lipinski definition) is 2. The summed E-state index contributed by atoms with van der Waals surface area (Å²) in [5, 5.41) is 6.43. The van der Waals surface area contributed by atoms with Crippen LogP contribution in [-0.4, -0.2) is 43.2 Å². The Labute approximate surface area is 104 Å². The van der Waals surface area contributed by atoms with Crippen molar-refractivity contribution in [3.05, 3.63) is 0 Å². The molecule has 2 saturated carbocycles. The van der Waals surface area contributed by atoms with Crippen LogP contribution in [0.3, 0.4) is 0 Å². The molecule has 4 nitrogen and oxygen atoms in total. The summed E-state index contributed by atoms with van der Waals surface area (Å²) < 4.78 is 0. The summed E-state index contributed by atoms with van der Waals surface area (Å²) >= 11 is 0. The smallest absolute Gasteiger partial charge is 0.317 e. The molecule has 2 aliphatic carbocycles. The third-order valence-corrected chi connectivity index (χ3v) is 4.41. The minimum Gasteiger partial charge on any atom is -0.335 e. The van der Waals surface area contributed by atoms with E-state index in [1.165, 1.54) is 19.3 Å². The third-order valence-electron chi connectivity index (χ3n) is 4.41. The molecule has 0 radical (unpaired) electrons. The SMILES string of the molecule is CNC1CCC(N(C)C(=O)NC2CCC2)CC1. The molecule has 2 amide bonds. The summed E-state index contributed by atoms with van der Waals surface area (Å²) in [5.41, 5.74) is 0. The van der Waals surface area contributed by atoms with E-state index < -0.39 is 0 Å². The van der Waals surface area contributed by atoms with Gasteiger partial charge in [0.25, 0.3) is 0 Å². The first-order valence-electron chi connectivity index (χ1n) is 6.91. The van der Waals surface area contributed by atoms with Crippen LogP contribution in [0.5, 0.6) is 0 Å². The summed E-state index contributed by atoms with van der Waals surface area (Å²) in [4.78, 5) is 13.9. The van der Waals surface area contributed by atoms with E-state index in [0.29, 0.717) is 18.1 Å². The number of hydrogen-bond acceptors (Lipinski definition) is 2. The van der Waals surface area contributed by atoms with Gasteiger partial charge >= 0.3 is 6.03 Å². The van der Waals surface area contributed by atoms with Crippen molar-refractivity contribution in [1.82, 2.24) is 15.5 Å². The number of urea groups is 1. The van der Waals surface area contributed by atoms with E-state index in [0.717, 1.165) is 25.7 Å². The van der Waals surface area contributed by atoms with E-state index in [2.05, 4.69) is 10.6 Å². The van der Waals surface area contributed by atoms with Crippen LogP contribution >= 0.6 is 0 Å². The van der Waals surface area contributed by atoms with Crippen molar-refractivity contribution in [3.63, 3.8) is 0 Å². The minimum absolute atomic E-state index is 0.127. The van der Waals surface area contributed by atoms with Gasteiger partial charge in [-0.3, -0.25) is 0 Å². The molecule has 2 aliphatic rings. The maximum absolute atomic E-state index is 12.0. The van der Waals surface area contributed by atoms with Crippen molar-refractivity contribution >= 4 is 6.03 Å². The average Bonchev–Trinajstić information content (AvgIpc) is 2.32. The lowest BCUT2D eigenvalue weighted by Crippen LogP contribution is -2.50. The molecular weight excluding hydrogens is 214 g/mol. The standard InChI is InChI=1S/C13H25N3O/c1-14-10-6-8-12(9-7-10)16(2)13(17)15-11-4-3-5-11/h10-12,14H,3-9H2,1-2H3,(H,15,17). The third kappa shape index (κ3) is 3.12. The van der Waals surface area contributed by atoms with Gasteiger partial charge in [0, 0.05) is 25.2 Å². The van der Waals surface area contributed by atoms with Crippen molar-refractivity contribution in [2.45, 2.75) is 63.1 Å². The molecule has 0 atom stereocenters. The average molecular weight is 239 g/mol. The molecule has 98 valence electrons. The molecule has 2 N–H and O–H groups in total. The van der Waals surface area contributed by atoms with Gasteiger partial charge in [-0.1, -0.05) is 0 Å². The Kier molecular flexibility index (Phi) is 4.26. The molecule has 17 heavy (non-hydrogen) atoms. The fourth-order valence-corrected chi connectivity index (χ4v) is 2.75. The topological polar surface area (TPSA) is 44.4 Å². The first kappa shape index (κ1) is 12.7. The Morgan fingerprint density at radius 2 is 1.71 bits per heavy atom. The molecule has 0 aromatic rings. The summed E-state index contributed by atoms with van der Waals surface area (Å²) in [6.45, 7) is 0. The van der Waals surface area contributed by atoms with E-state index in [1.54, 1.807) is 0 Å². The maximum Gasteiger partial charge on any atom is 0.317 e. The van der Waals surface area contributed by atoms with Gasteiger partial charge < -0.3 is 15.5 Å². The van der Waals surface area contributed by atoms with Crippen molar-refractivity contribution in [2.75, 3.05) is 14.1 Å². The monoisotopic (exact) mass is 239 g/mol. The normalized spacial score (nSPS) is 29.5. The molecule has 0 aliphatic heterocycles. The maximum atomic E-state index is 12.0. The highest BCUT2D eigenvalue weighted by Gasteiger charge is 2.27. The lowest BCUT2D eigenvalue weighted by Gasteiger charge is -2.36. The number of carbonyl (C=O) groups is 1. The molecular formula is C13H25N3O. The highest BCUT2D eigenvalue weighted by Crippen LogP contribution is 2.23. The van der Waals surface area contributed by atoms with Crippen LogP contribution < -0.4 is 10.6 Å². The van der Waals surface area contributed by atoms with Gasteiger partial charge in [-0.2, -0.15) is 0 Å². The molecule has 0 bridgehead atoms. The Morgan fingerprint density at radius 1 is 1.06 bits per heavy atom. The number of nitrogens with zero attached hydrogens (tertiary/aromatic N) is 1. The number of amides is 2. The predicted octanol–water partition coefficient (Wildman–Crippen LogP) is 1.71. The molecule has 0 saturated heterocycles. The Hall–Kier alpha value is -0.770. The molecule has 0 spiro atoms. The number of nitrogens with one attached hydrogen (secondary N) is 2. The Morgan fingerprint density at radius 3 is 2.18 bits per heavy atom. The van der Waals surface area contributed by atoms with Crippen LogP contribution in [0, 0.1) is 0 Å². The van der Waals surface area contributed by atoms with E-state index in [4.69, 9.17) is 0 Å². The predicted molar refractivity (Wildman–Crippen MR) is 69.0 cm³/mol. The fraction of sp³-hybridized carbons (Fsp3) is 0.923. The van der Waals surface area contributed by atoms with E-state index in [-0.39, 0.29) is 6.03 Å². The van der Waals surface area contributed by atoms with E-state index in [1.807, 2.05) is 19.0 Å². The highest BCUT2D eigenvalue weighted by molar-refractivity contribution is 5.74. The zero-order valence-electron chi connectivity index (χ0n) is 11.0. The van der Waals surface area contributed by atoms with Crippen LogP contribution in [0.4, 0.5) is 4.79 Å². The number of rotatable bonds is 3. The lowest BCUT2D eigenvalue weighted by atomic mass is 9.90. The largest absolute Gasteiger partial charge is 0.335 e. The van der Waals surface area contributed by atoms with Crippen molar-refractivity contribution in [1.29, 1.82) is 0 Å². The van der Waals surface area contributed by atoms with Gasteiger partial charge in [0.05, 0.1) is 0 Å². The summed E-state index contributed by atoms with van der Waals surface area (Å²) in [5.74, 6) is 0. The van der Waals surface area contributed by atoms with Crippen LogP contribution in [0.15, 0.2) is 0 Å². The fourth-order valence-electron chi connectivity index (χ4n) is 2.75.